The van der Waals surface area contributed by atoms with Crippen LogP contribution in [-0.4, -0.2) is 19.7 Å². The number of amides is 2. The van der Waals surface area contributed by atoms with Crippen molar-refractivity contribution in [1.82, 2.24) is 10.6 Å². The normalized spacial score (nSPS) is 15.6. The number of carbonyl (C=O) groups is 1. The summed E-state index contributed by atoms with van der Waals surface area (Å²) in [6.07, 6.45) is -3.62. The molecular formula is C19H19F3N2O2. The summed E-state index contributed by atoms with van der Waals surface area (Å²) in [5.74, 6) is 0.373. The SMILES string of the molecule is COc1ccc(CNC(=O)NC[C@@H]2Cc3ccccc32)c(C(F)(F)F)c1. The average Bonchev–Trinajstić information content (AvgIpc) is 2.59. The Kier molecular flexibility index (Phi) is 5.06. The van der Waals surface area contributed by atoms with E-state index in [1.54, 1.807) is 0 Å². The highest BCUT2D eigenvalue weighted by molar-refractivity contribution is 5.74. The van der Waals surface area contributed by atoms with Crippen molar-refractivity contribution in [2.75, 3.05) is 13.7 Å². The standard InChI is InChI=1S/C19H19F3N2O2/c1-26-15-7-6-13(17(9-15)19(20,21)22)10-23-18(25)24-11-14-8-12-4-2-3-5-16(12)14/h2-7,9,14H,8,10-11H2,1H3,(H2,23,24,25)/t14-/m0/s1. The fourth-order valence-corrected chi connectivity index (χ4v) is 3.10. The molecule has 0 radical (unpaired) electrons. The van der Waals surface area contributed by atoms with Crippen LogP contribution < -0.4 is 15.4 Å². The van der Waals surface area contributed by atoms with Gasteiger partial charge in [-0.2, -0.15) is 13.2 Å². The maximum atomic E-state index is 13.2. The number of hydrogen-bond donors (Lipinski definition) is 2. The summed E-state index contributed by atoms with van der Waals surface area (Å²) in [7, 11) is 1.31. The molecule has 1 aliphatic carbocycles. The van der Waals surface area contributed by atoms with Gasteiger partial charge in [-0.15, -0.1) is 0 Å². The predicted octanol–water partition coefficient (Wildman–Crippen LogP) is 3.85. The second kappa shape index (κ2) is 7.27. The number of nitrogens with one attached hydrogen (secondary N) is 2. The summed E-state index contributed by atoms with van der Waals surface area (Å²) in [6.45, 7) is 0.240. The maximum Gasteiger partial charge on any atom is 0.416 e. The Bertz CT molecular complexity index is 806. The second-order valence-corrected chi connectivity index (χ2v) is 6.18. The average molecular weight is 364 g/mol. The van der Waals surface area contributed by atoms with Crippen molar-refractivity contribution in [2.24, 2.45) is 0 Å². The number of benzene rings is 2. The Morgan fingerprint density at radius 1 is 1.19 bits per heavy atom. The number of ether oxygens (including phenoxy) is 1. The van der Waals surface area contributed by atoms with E-state index in [1.807, 2.05) is 24.3 Å². The molecule has 138 valence electrons. The van der Waals surface area contributed by atoms with E-state index in [4.69, 9.17) is 4.74 Å². The van der Waals surface area contributed by atoms with Crippen molar-refractivity contribution < 1.29 is 22.7 Å². The zero-order valence-corrected chi connectivity index (χ0v) is 14.2. The van der Waals surface area contributed by atoms with Crippen molar-refractivity contribution >= 4 is 6.03 Å². The van der Waals surface area contributed by atoms with Gasteiger partial charge in [-0.1, -0.05) is 30.3 Å². The summed E-state index contributed by atoms with van der Waals surface area (Å²) < 4.78 is 44.3. The number of fused-ring (bicyclic) bond motifs is 1. The first kappa shape index (κ1) is 18.1. The first-order valence-corrected chi connectivity index (χ1v) is 8.22. The van der Waals surface area contributed by atoms with Gasteiger partial charge in [0.25, 0.3) is 0 Å². The Morgan fingerprint density at radius 3 is 2.65 bits per heavy atom. The Morgan fingerprint density at radius 2 is 1.96 bits per heavy atom. The molecule has 0 fully saturated rings. The molecule has 0 saturated heterocycles. The van der Waals surface area contributed by atoms with E-state index in [0.29, 0.717) is 6.54 Å². The fraction of sp³-hybridized carbons (Fsp3) is 0.316. The molecule has 0 heterocycles. The molecule has 2 amide bonds. The van der Waals surface area contributed by atoms with Gasteiger partial charge in [-0.05, 0) is 35.2 Å². The van der Waals surface area contributed by atoms with Gasteiger partial charge in [0.15, 0.2) is 0 Å². The summed E-state index contributed by atoms with van der Waals surface area (Å²) in [5.41, 5.74) is 1.66. The Hall–Kier alpha value is -2.70. The van der Waals surface area contributed by atoms with E-state index in [9.17, 15) is 18.0 Å². The molecule has 2 N–H and O–H groups in total. The molecule has 2 aromatic rings. The van der Waals surface area contributed by atoms with Crippen LogP contribution in [0.4, 0.5) is 18.0 Å². The minimum Gasteiger partial charge on any atom is -0.497 e. The monoisotopic (exact) mass is 364 g/mol. The molecule has 3 rings (SSSR count). The third-order valence-corrected chi connectivity index (χ3v) is 4.53. The number of alkyl halides is 3. The number of rotatable bonds is 5. The maximum absolute atomic E-state index is 13.2. The van der Waals surface area contributed by atoms with Crippen LogP contribution in [0.2, 0.25) is 0 Å². The number of urea groups is 1. The molecular weight excluding hydrogens is 345 g/mol. The van der Waals surface area contributed by atoms with Gasteiger partial charge >= 0.3 is 12.2 Å². The lowest BCUT2D eigenvalue weighted by Crippen LogP contribution is -2.39. The fourth-order valence-electron chi connectivity index (χ4n) is 3.10. The first-order valence-electron chi connectivity index (χ1n) is 8.22. The lowest BCUT2D eigenvalue weighted by molar-refractivity contribution is -0.138. The topological polar surface area (TPSA) is 50.4 Å². The van der Waals surface area contributed by atoms with Crippen LogP contribution in [0.1, 0.15) is 28.2 Å². The van der Waals surface area contributed by atoms with Crippen molar-refractivity contribution in [1.29, 1.82) is 0 Å². The molecule has 4 nitrogen and oxygen atoms in total. The van der Waals surface area contributed by atoms with Crippen LogP contribution in [0.3, 0.4) is 0 Å². The zero-order chi connectivity index (χ0) is 18.7. The van der Waals surface area contributed by atoms with E-state index >= 15 is 0 Å². The van der Waals surface area contributed by atoms with E-state index in [1.165, 1.54) is 30.4 Å². The van der Waals surface area contributed by atoms with Crippen LogP contribution in [0.25, 0.3) is 0 Å². The highest BCUT2D eigenvalue weighted by Gasteiger charge is 2.34. The lowest BCUT2D eigenvalue weighted by atomic mass is 9.78. The van der Waals surface area contributed by atoms with Crippen molar-refractivity contribution in [2.45, 2.75) is 25.1 Å². The summed E-state index contributed by atoms with van der Waals surface area (Å²) in [6, 6.07) is 11.2. The van der Waals surface area contributed by atoms with Crippen molar-refractivity contribution in [3.8, 4) is 5.75 Å². The largest absolute Gasteiger partial charge is 0.497 e. The van der Waals surface area contributed by atoms with Gasteiger partial charge in [-0.25, -0.2) is 4.79 Å². The minimum absolute atomic E-state index is 0.0116. The summed E-state index contributed by atoms with van der Waals surface area (Å²) in [4.78, 5) is 11.9. The van der Waals surface area contributed by atoms with Gasteiger partial charge in [0.2, 0.25) is 0 Å². The van der Waals surface area contributed by atoms with Crippen LogP contribution in [0.15, 0.2) is 42.5 Å². The lowest BCUT2D eigenvalue weighted by Gasteiger charge is -2.30. The summed E-state index contributed by atoms with van der Waals surface area (Å²) in [5, 5.41) is 5.21. The third kappa shape index (κ3) is 3.92. The molecule has 0 bridgehead atoms. The van der Waals surface area contributed by atoms with E-state index in [0.717, 1.165) is 12.5 Å². The number of carbonyl (C=O) groups excluding carboxylic acids is 1. The van der Waals surface area contributed by atoms with E-state index < -0.39 is 17.8 Å². The molecule has 7 heteroatoms. The highest BCUT2D eigenvalue weighted by atomic mass is 19.4. The molecule has 0 unspecified atom stereocenters. The van der Waals surface area contributed by atoms with Crippen LogP contribution >= 0.6 is 0 Å². The van der Waals surface area contributed by atoms with Gasteiger partial charge in [-0.3, -0.25) is 0 Å². The van der Waals surface area contributed by atoms with Crippen LogP contribution in [-0.2, 0) is 19.1 Å². The molecule has 0 aromatic heterocycles. The van der Waals surface area contributed by atoms with Gasteiger partial charge in [0, 0.05) is 19.0 Å². The van der Waals surface area contributed by atoms with Crippen LogP contribution in [0.5, 0.6) is 5.75 Å². The van der Waals surface area contributed by atoms with Crippen LogP contribution in [0, 0.1) is 0 Å². The van der Waals surface area contributed by atoms with E-state index in [-0.39, 0.29) is 23.8 Å². The predicted molar refractivity (Wildman–Crippen MR) is 91.1 cm³/mol. The second-order valence-electron chi connectivity index (χ2n) is 6.18. The molecule has 2 aromatic carbocycles. The quantitative estimate of drug-likeness (QED) is 0.847. The molecule has 1 aliphatic rings. The third-order valence-electron chi connectivity index (χ3n) is 4.53. The highest BCUT2D eigenvalue weighted by Crippen LogP contribution is 2.35. The van der Waals surface area contributed by atoms with Gasteiger partial charge < -0.3 is 15.4 Å². The van der Waals surface area contributed by atoms with Gasteiger partial charge in [0.1, 0.15) is 5.75 Å². The summed E-state index contributed by atoms with van der Waals surface area (Å²) >= 11 is 0. The molecule has 0 spiro atoms. The Labute approximate surface area is 149 Å². The number of methoxy groups -OCH3 is 1. The molecule has 0 aliphatic heterocycles. The van der Waals surface area contributed by atoms with E-state index in [2.05, 4.69) is 10.6 Å². The first-order chi connectivity index (χ1) is 12.4. The molecule has 1 atom stereocenters. The smallest absolute Gasteiger partial charge is 0.416 e. The Balaban J connectivity index is 1.55. The van der Waals surface area contributed by atoms with Crippen molar-refractivity contribution in [3.05, 3.63) is 64.7 Å². The molecule has 0 saturated carbocycles. The minimum atomic E-state index is -4.52. The number of hydrogen-bond acceptors (Lipinski definition) is 2. The molecule has 26 heavy (non-hydrogen) atoms. The zero-order valence-electron chi connectivity index (χ0n) is 14.2. The number of halogens is 3. The van der Waals surface area contributed by atoms with Crippen molar-refractivity contribution in [3.63, 3.8) is 0 Å². The van der Waals surface area contributed by atoms with Gasteiger partial charge in [0.05, 0.1) is 12.7 Å².